The molecule has 2 saturated heterocycles. The fourth-order valence-electron chi connectivity index (χ4n) is 2.58. The van der Waals surface area contributed by atoms with Crippen molar-refractivity contribution in [3.63, 3.8) is 0 Å². The Balaban J connectivity index is 1.86. The summed E-state index contributed by atoms with van der Waals surface area (Å²) in [5.41, 5.74) is 11.9. The Labute approximate surface area is 85.8 Å². The van der Waals surface area contributed by atoms with Gasteiger partial charge in [-0.25, -0.2) is 0 Å². The van der Waals surface area contributed by atoms with Crippen molar-refractivity contribution < 1.29 is 0 Å². The van der Waals surface area contributed by atoms with E-state index in [1.807, 2.05) is 0 Å². The highest BCUT2D eigenvalue weighted by atomic mass is 15.0. The van der Waals surface area contributed by atoms with E-state index in [2.05, 4.69) is 10.6 Å². The van der Waals surface area contributed by atoms with Gasteiger partial charge in [0.15, 0.2) is 0 Å². The number of hydrogen-bond acceptors (Lipinski definition) is 4. The first-order valence-corrected chi connectivity index (χ1v) is 5.73. The fraction of sp³-hybridized carbons (Fsp3) is 1.00. The lowest BCUT2D eigenvalue weighted by atomic mass is 9.88. The van der Waals surface area contributed by atoms with Crippen molar-refractivity contribution in [3.8, 4) is 0 Å². The number of nitrogens with one attached hydrogen (secondary N) is 2. The average molecular weight is 198 g/mol. The molecule has 2 rings (SSSR count). The average Bonchev–Trinajstić information content (AvgIpc) is 2.18. The SMILES string of the molecule is NC1CCNC(C2CC(N)CCN2)C1. The maximum atomic E-state index is 5.97. The van der Waals surface area contributed by atoms with Gasteiger partial charge in [-0.15, -0.1) is 0 Å². The minimum absolute atomic E-state index is 0.376. The maximum Gasteiger partial charge on any atom is 0.0236 e. The Hall–Kier alpha value is -0.160. The molecule has 2 fully saturated rings. The summed E-state index contributed by atoms with van der Waals surface area (Å²) in [4.78, 5) is 0. The molecule has 0 spiro atoms. The van der Waals surface area contributed by atoms with Crippen molar-refractivity contribution in [3.05, 3.63) is 0 Å². The van der Waals surface area contributed by atoms with Gasteiger partial charge in [0.2, 0.25) is 0 Å². The van der Waals surface area contributed by atoms with E-state index in [0.717, 1.165) is 38.8 Å². The number of piperidine rings is 2. The molecule has 2 aliphatic heterocycles. The lowest BCUT2D eigenvalue weighted by Gasteiger charge is -2.38. The van der Waals surface area contributed by atoms with Crippen molar-refractivity contribution >= 4 is 0 Å². The van der Waals surface area contributed by atoms with Gasteiger partial charge in [-0.05, 0) is 38.8 Å². The van der Waals surface area contributed by atoms with Crippen LogP contribution in [0.15, 0.2) is 0 Å². The third-order valence-electron chi connectivity index (χ3n) is 3.44. The Morgan fingerprint density at radius 2 is 1.21 bits per heavy atom. The molecule has 4 unspecified atom stereocenters. The van der Waals surface area contributed by atoms with Crippen molar-refractivity contribution in [2.24, 2.45) is 11.5 Å². The van der Waals surface area contributed by atoms with Crippen LogP contribution in [-0.4, -0.2) is 37.3 Å². The molecule has 4 nitrogen and oxygen atoms in total. The molecule has 4 heteroatoms. The number of nitrogens with two attached hydrogens (primary N) is 2. The van der Waals surface area contributed by atoms with Crippen LogP contribution in [0.3, 0.4) is 0 Å². The first kappa shape index (κ1) is 10.4. The van der Waals surface area contributed by atoms with Gasteiger partial charge in [0, 0.05) is 24.2 Å². The van der Waals surface area contributed by atoms with E-state index < -0.39 is 0 Å². The molecule has 14 heavy (non-hydrogen) atoms. The van der Waals surface area contributed by atoms with Gasteiger partial charge in [-0.1, -0.05) is 0 Å². The topological polar surface area (TPSA) is 76.1 Å². The standard InChI is InChI=1S/C10H22N4/c11-7-1-3-13-9(5-7)10-6-8(12)2-4-14-10/h7-10,13-14H,1-6,11-12H2. The summed E-state index contributed by atoms with van der Waals surface area (Å²) in [6.07, 6.45) is 4.39. The molecule has 82 valence electrons. The van der Waals surface area contributed by atoms with Gasteiger partial charge in [-0.2, -0.15) is 0 Å². The summed E-state index contributed by atoms with van der Waals surface area (Å²) in [5.74, 6) is 0. The first-order valence-electron chi connectivity index (χ1n) is 5.73. The molecule has 0 radical (unpaired) electrons. The second-order valence-electron chi connectivity index (χ2n) is 4.69. The van der Waals surface area contributed by atoms with E-state index in [9.17, 15) is 0 Å². The molecule has 0 bridgehead atoms. The van der Waals surface area contributed by atoms with Crippen LogP contribution in [0.2, 0.25) is 0 Å². The Morgan fingerprint density at radius 1 is 0.786 bits per heavy atom. The quantitative estimate of drug-likeness (QED) is 0.442. The number of hydrogen-bond donors (Lipinski definition) is 4. The summed E-state index contributed by atoms with van der Waals surface area (Å²) in [5, 5.41) is 7.08. The predicted molar refractivity (Wildman–Crippen MR) is 58.0 cm³/mol. The predicted octanol–water partition coefficient (Wildman–Crippen LogP) is -0.855. The second-order valence-corrected chi connectivity index (χ2v) is 4.69. The van der Waals surface area contributed by atoms with Crippen molar-refractivity contribution in [2.45, 2.75) is 49.9 Å². The maximum absolute atomic E-state index is 5.97. The summed E-state index contributed by atoms with van der Waals surface area (Å²) in [6.45, 7) is 2.11. The third kappa shape index (κ3) is 2.45. The van der Waals surface area contributed by atoms with Crippen LogP contribution in [0.5, 0.6) is 0 Å². The van der Waals surface area contributed by atoms with Crippen molar-refractivity contribution in [1.29, 1.82) is 0 Å². The van der Waals surface area contributed by atoms with Crippen LogP contribution in [0, 0.1) is 0 Å². The van der Waals surface area contributed by atoms with E-state index in [1.54, 1.807) is 0 Å². The minimum atomic E-state index is 0.376. The molecule has 4 atom stereocenters. The first-order chi connectivity index (χ1) is 6.75. The Kier molecular flexibility index (Phi) is 3.38. The fourth-order valence-corrected chi connectivity index (χ4v) is 2.58. The molecule has 0 aromatic heterocycles. The summed E-state index contributed by atoms with van der Waals surface area (Å²) in [6, 6.07) is 1.82. The molecular weight excluding hydrogens is 176 g/mol. The highest BCUT2D eigenvalue weighted by Crippen LogP contribution is 2.16. The molecule has 2 heterocycles. The van der Waals surface area contributed by atoms with Gasteiger partial charge in [-0.3, -0.25) is 0 Å². The molecule has 6 N–H and O–H groups in total. The monoisotopic (exact) mass is 198 g/mol. The molecule has 0 aromatic carbocycles. The van der Waals surface area contributed by atoms with Gasteiger partial charge >= 0.3 is 0 Å². The molecule has 2 aliphatic rings. The molecule has 0 amide bonds. The van der Waals surface area contributed by atoms with Crippen LogP contribution in [-0.2, 0) is 0 Å². The van der Waals surface area contributed by atoms with Crippen molar-refractivity contribution in [2.75, 3.05) is 13.1 Å². The van der Waals surface area contributed by atoms with Gasteiger partial charge in [0.1, 0.15) is 0 Å². The summed E-state index contributed by atoms with van der Waals surface area (Å²) >= 11 is 0. The largest absolute Gasteiger partial charge is 0.328 e. The van der Waals surface area contributed by atoms with Gasteiger partial charge in [0.05, 0.1) is 0 Å². The zero-order valence-corrected chi connectivity index (χ0v) is 8.71. The lowest BCUT2D eigenvalue weighted by Crippen LogP contribution is -2.58. The Bertz CT molecular complexity index is 165. The van der Waals surface area contributed by atoms with Gasteiger partial charge < -0.3 is 22.1 Å². The third-order valence-corrected chi connectivity index (χ3v) is 3.44. The smallest absolute Gasteiger partial charge is 0.0236 e. The van der Waals surface area contributed by atoms with Crippen LogP contribution in [0.1, 0.15) is 25.7 Å². The molecular formula is C10H22N4. The van der Waals surface area contributed by atoms with Crippen LogP contribution < -0.4 is 22.1 Å². The zero-order chi connectivity index (χ0) is 9.97. The van der Waals surface area contributed by atoms with Crippen LogP contribution >= 0.6 is 0 Å². The van der Waals surface area contributed by atoms with E-state index in [0.29, 0.717) is 24.2 Å². The normalized spacial score (nSPS) is 45.0. The molecule has 0 aromatic rings. The second kappa shape index (κ2) is 4.57. The van der Waals surface area contributed by atoms with Gasteiger partial charge in [0.25, 0.3) is 0 Å². The van der Waals surface area contributed by atoms with E-state index in [-0.39, 0.29) is 0 Å². The molecule has 0 saturated carbocycles. The highest BCUT2D eigenvalue weighted by Gasteiger charge is 2.29. The van der Waals surface area contributed by atoms with Crippen LogP contribution in [0.4, 0.5) is 0 Å². The summed E-state index contributed by atoms with van der Waals surface area (Å²) in [7, 11) is 0. The lowest BCUT2D eigenvalue weighted by molar-refractivity contribution is 0.244. The van der Waals surface area contributed by atoms with Crippen molar-refractivity contribution in [1.82, 2.24) is 10.6 Å². The zero-order valence-electron chi connectivity index (χ0n) is 8.71. The Morgan fingerprint density at radius 3 is 1.57 bits per heavy atom. The van der Waals surface area contributed by atoms with Crippen LogP contribution in [0.25, 0.3) is 0 Å². The minimum Gasteiger partial charge on any atom is -0.328 e. The highest BCUT2D eigenvalue weighted by molar-refractivity contribution is 4.93. The molecule has 0 aliphatic carbocycles. The van der Waals surface area contributed by atoms with E-state index in [1.165, 1.54) is 0 Å². The van der Waals surface area contributed by atoms with E-state index >= 15 is 0 Å². The summed E-state index contributed by atoms with van der Waals surface area (Å²) < 4.78 is 0. The number of rotatable bonds is 1. The van der Waals surface area contributed by atoms with E-state index in [4.69, 9.17) is 11.5 Å².